The molecule has 0 rings (SSSR count). The minimum atomic E-state index is -3.13. The molecule has 0 fully saturated rings. The van der Waals surface area contributed by atoms with Crippen molar-refractivity contribution in [1.82, 2.24) is 0 Å². The first-order chi connectivity index (χ1) is 8.69. The van der Waals surface area contributed by atoms with Crippen LogP contribution in [0, 0.1) is 11.8 Å². The Morgan fingerprint density at radius 3 is 1.05 bits per heavy atom. The molecule has 0 spiro atoms. The quantitative estimate of drug-likeness (QED) is 0.368. The van der Waals surface area contributed by atoms with E-state index in [-0.39, 0.29) is 36.1 Å². The molecule has 0 aromatic rings. The van der Waals surface area contributed by atoms with Crippen LogP contribution in [0.25, 0.3) is 0 Å². The van der Waals surface area contributed by atoms with Crippen molar-refractivity contribution < 1.29 is 24.3 Å². The zero-order valence-electron chi connectivity index (χ0n) is 13.4. The maximum atomic E-state index is 8.74. The lowest BCUT2D eigenvalue weighted by atomic mass is 9.91. The fraction of sp³-hybridized carbons (Fsp3) is 1.00. The van der Waals surface area contributed by atoms with Crippen LogP contribution in [0.5, 0.6) is 0 Å². The number of nitrogens with two attached hydrogens (primary N) is 2. The van der Waals surface area contributed by atoms with Gasteiger partial charge in [-0.05, 0) is 39.5 Å². The summed E-state index contributed by atoms with van der Waals surface area (Å²) in [5.41, 5.74) is 10.8. The molecular formula is C12H32N2O5Si. The molecule has 2 atom stereocenters. The zero-order chi connectivity index (χ0) is 17.1. The Bertz CT molecular complexity index is 227. The van der Waals surface area contributed by atoms with E-state index in [0.717, 1.165) is 0 Å². The molecule has 0 saturated heterocycles. The highest BCUT2D eigenvalue weighted by Gasteiger charge is 2.19. The van der Waals surface area contributed by atoms with Gasteiger partial charge in [0.15, 0.2) is 0 Å². The summed E-state index contributed by atoms with van der Waals surface area (Å²) in [5.74, 6) is 0.366. The predicted molar refractivity (Wildman–Crippen MR) is 79.9 cm³/mol. The van der Waals surface area contributed by atoms with E-state index in [9.17, 15) is 0 Å². The zero-order valence-corrected chi connectivity index (χ0v) is 14.4. The maximum absolute atomic E-state index is 8.74. The molecule has 0 aromatic heterocycles. The average Bonchev–Trinajstić information content (AvgIpc) is 2.24. The largest absolute Gasteiger partial charge is 0.761 e. The minimum absolute atomic E-state index is 0.170. The second-order valence-electron chi connectivity index (χ2n) is 6.09. The second-order valence-corrected chi connectivity index (χ2v) is 6.66. The molecule has 2 unspecified atom stereocenters. The predicted octanol–water partition coefficient (Wildman–Crippen LogP) is -0.909. The van der Waals surface area contributed by atoms with Gasteiger partial charge in [0.2, 0.25) is 0 Å². The minimum Gasteiger partial charge on any atom is -0.511 e. The second kappa shape index (κ2) is 11.2. The number of aliphatic hydroxyl groups excluding tert-OH is 2. The number of hydrogen-bond acceptors (Lipinski definition) is 5. The Morgan fingerprint density at radius 1 is 0.900 bits per heavy atom. The Morgan fingerprint density at radius 2 is 1.05 bits per heavy atom. The normalized spacial score (nSPS) is 14.1. The molecule has 0 aliphatic heterocycles. The smallest absolute Gasteiger partial charge is 0.511 e. The van der Waals surface area contributed by atoms with Gasteiger partial charge >= 0.3 is 9.17 Å². The van der Waals surface area contributed by atoms with Crippen LogP contribution in [0.15, 0.2) is 0 Å². The van der Waals surface area contributed by atoms with Crippen molar-refractivity contribution in [2.24, 2.45) is 23.3 Å². The lowest BCUT2D eigenvalue weighted by Crippen LogP contribution is -2.41. The van der Waals surface area contributed by atoms with Gasteiger partial charge in [0.1, 0.15) is 0 Å². The molecule has 0 radical (unpaired) electrons. The van der Waals surface area contributed by atoms with Crippen molar-refractivity contribution in [2.45, 2.75) is 52.6 Å². The molecule has 8 N–H and O–H groups in total. The molecule has 0 heterocycles. The first-order valence-corrected chi connectivity index (χ1v) is 7.71. The third-order valence-corrected chi connectivity index (χ3v) is 3.09. The lowest BCUT2D eigenvalue weighted by Gasteiger charge is -2.24. The van der Waals surface area contributed by atoms with Crippen LogP contribution < -0.4 is 11.5 Å². The molecule has 0 aliphatic rings. The van der Waals surface area contributed by atoms with Crippen molar-refractivity contribution in [1.29, 1.82) is 0 Å². The van der Waals surface area contributed by atoms with E-state index in [4.69, 9.17) is 35.7 Å². The molecule has 8 heteroatoms. The Kier molecular flexibility index (Phi) is 13.6. The van der Waals surface area contributed by atoms with Crippen LogP contribution >= 0.6 is 0 Å². The molecule has 124 valence electrons. The van der Waals surface area contributed by atoms with Crippen LogP contribution in [-0.4, -0.2) is 53.3 Å². The van der Waals surface area contributed by atoms with Crippen molar-refractivity contribution in [3.05, 3.63) is 0 Å². The Labute approximate surface area is 123 Å². The van der Waals surface area contributed by atoms with Crippen molar-refractivity contribution in [3.63, 3.8) is 0 Å². The maximum Gasteiger partial charge on any atom is 0.761 e. The van der Waals surface area contributed by atoms with Crippen LogP contribution in [0.1, 0.15) is 41.5 Å². The monoisotopic (exact) mass is 312 g/mol. The highest BCUT2D eigenvalue weighted by Crippen LogP contribution is 2.10. The third-order valence-electron chi connectivity index (χ3n) is 3.09. The highest BCUT2D eigenvalue weighted by molar-refractivity contribution is 6.22. The van der Waals surface area contributed by atoms with E-state index in [1.54, 1.807) is 0 Å². The molecular weight excluding hydrogens is 280 g/mol. The van der Waals surface area contributed by atoms with E-state index < -0.39 is 9.17 Å². The molecule has 7 nitrogen and oxygen atoms in total. The number of hydrogen-bond donors (Lipinski definition) is 6. The van der Waals surface area contributed by atoms with Gasteiger partial charge in [-0.3, -0.25) is 4.46 Å². The standard InChI is InChI=1S/2C6H15NO.H2O3Si/c2*1-5(4-8)6(2,3)7;1-4(2)3/h2*5,8H,4,7H2,1-3H3;1-2H. The molecule has 0 aliphatic carbocycles. The SMILES string of the molecule is CC(CO)C(C)(C)N.CC(CO)C(C)(C)N.O=[Si](O)O. The van der Waals surface area contributed by atoms with Gasteiger partial charge in [0, 0.05) is 24.3 Å². The number of aliphatic hydroxyl groups is 2. The lowest BCUT2D eigenvalue weighted by molar-refractivity contribution is 0.183. The van der Waals surface area contributed by atoms with Gasteiger partial charge in [-0.15, -0.1) is 0 Å². The third kappa shape index (κ3) is 19.8. The summed E-state index contributed by atoms with van der Waals surface area (Å²) in [4.78, 5) is 14.3. The summed E-state index contributed by atoms with van der Waals surface area (Å²) >= 11 is 0. The molecule has 20 heavy (non-hydrogen) atoms. The van der Waals surface area contributed by atoms with Gasteiger partial charge in [-0.2, -0.15) is 0 Å². The van der Waals surface area contributed by atoms with E-state index >= 15 is 0 Å². The van der Waals surface area contributed by atoms with Crippen LogP contribution in [0.2, 0.25) is 0 Å². The molecule has 0 bridgehead atoms. The highest BCUT2D eigenvalue weighted by atomic mass is 28.3. The van der Waals surface area contributed by atoms with Gasteiger partial charge in [-0.1, -0.05) is 13.8 Å². The van der Waals surface area contributed by atoms with E-state index in [1.165, 1.54) is 0 Å². The molecule has 0 saturated carbocycles. The molecule has 0 amide bonds. The average molecular weight is 312 g/mol. The summed E-state index contributed by atoms with van der Waals surface area (Å²) in [6, 6.07) is 0. The fourth-order valence-electron chi connectivity index (χ4n) is 0.471. The number of rotatable bonds is 4. The first kappa shape index (κ1) is 24.5. The van der Waals surface area contributed by atoms with Gasteiger partial charge in [0.05, 0.1) is 0 Å². The summed E-state index contributed by atoms with van der Waals surface area (Å²) in [6.07, 6.45) is 0. The Balaban J connectivity index is -0.000000230. The van der Waals surface area contributed by atoms with Crippen molar-refractivity contribution >= 4 is 9.17 Å². The van der Waals surface area contributed by atoms with E-state index in [1.807, 2.05) is 41.5 Å². The van der Waals surface area contributed by atoms with Gasteiger partial charge < -0.3 is 31.3 Å². The van der Waals surface area contributed by atoms with Crippen molar-refractivity contribution in [3.8, 4) is 0 Å². The van der Waals surface area contributed by atoms with E-state index in [0.29, 0.717) is 0 Å². The topological polar surface area (TPSA) is 150 Å². The van der Waals surface area contributed by atoms with Crippen LogP contribution in [-0.2, 0) is 4.46 Å². The summed E-state index contributed by atoms with van der Waals surface area (Å²) in [5, 5.41) is 17.2. The summed E-state index contributed by atoms with van der Waals surface area (Å²) in [7, 11) is -3.13. The molecule has 0 aromatic carbocycles. The summed E-state index contributed by atoms with van der Waals surface area (Å²) < 4.78 is 8.74. The van der Waals surface area contributed by atoms with Gasteiger partial charge in [0.25, 0.3) is 0 Å². The summed E-state index contributed by atoms with van der Waals surface area (Å²) in [6.45, 7) is 11.8. The van der Waals surface area contributed by atoms with Crippen LogP contribution in [0.3, 0.4) is 0 Å². The fourth-order valence-corrected chi connectivity index (χ4v) is 0.471. The van der Waals surface area contributed by atoms with Gasteiger partial charge in [-0.25, -0.2) is 0 Å². The first-order valence-electron chi connectivity index (χ1n) is 6.41. The van der Waals surface area contributed by atoms with E-state index in [2.05, 4.69) is 0 Å². The van der Waals surface area contributed by atoms with Crippen LogP contribution in [0.4, 0.5) is 0 Å². The van der Waals surface area contributed by atoms with Crippen molar-refractivity contribution in [2.75, 3.05) is 13.2 Å². The Hall–Kier alpha value is -0.543.